The van der Waals surface area contributed by atoms with Gasteiger partial charge in [-0.2, -0.15) is 4.31 Å². The van der Waals surface area contributed by atoms with Crippen LogP contribution < -0.4 is 5.73 Å². The van der Waals surface area contributed by atoms with Crippen molar-refractivity contribution in [3.05, 3.63) is 36.0 Å². The largest absolute Gasteiger partial charge is 0.378 e. The third-order valence-electron chi connectivity index (χ3n) is 4.65. The minimum Gasteiger partial charge on any atom is -0.378 e. The first kappa shape index (κ1) is 18.3. The van der Waals surface area contributed by atoms with Crippen LogP contribution in [-0.4, -0.2) is 50.1 Å². The zero-order valence-electron chi connectivity index (χ0n) is 14.5. The molecular weight excluding hydrogens is 338 g/mol. The summed E-state index contributed by atoms with van der Waals surface area (Å²) in [5.41, 5.74) is 7.18. The first-order valence-corrected chi connectivity index (χ1v) is 10.1. The maximum absolute atomic E-state index is 13.1. The molecule has 0 bridgehead atoms. The lowest BCUT2D eigenvalue weighted by Gasteiger charge is -2.31. The van der Waals surface area contributed by atoms with Crippen LogP contribution in [0.5, 0.6) is 0 Å². The molecule has 1 aliphatic rings. The number of nitrogens with two attached hydrogens (primary N) is 1. The van der Waals surface area contributed by atoms with Crippen molar-refractivity contribution >= 4 is 20.9 Å². The highest BCUT2D eigenvalue weighted by molar-refractivity contribution is 7.89. The zero-order chi connectivity index (χ0) is 17.9. The standard InChI is InChI=1S/C18H25N3O3S/c1-14-5-6-17(16-4-2-10-20-18(14)16)25(22,23)21-11-7-15(8-12-21)24-13-3-9-19/h2,4-6,10,15H,3,7-9,11-13,19H2,1H3. The molecule has 0 aliphatic carbocycles. The SMILES string of the molecule is Cc1ccc(S(=O)(=O)N2CCC(OCCCN)CC2)c2cccnc12. The fourth-order valence-electron chi connectivity index (χ4n) is 3.22. The number of benzene rings is 1. The van der Waals surface area contributed by atoms with Crippen molar-refractivity contribution in [2.75, 3.05) is 26.2 Å². The Kier molecular flexibility index (Phi) is 5.68. The molecule has 0 atom stereocenters. The highest BCUT2D eigenvalue weighted by atomic mass is 32.2. The number of hydrogen-bond donors (Lipinski definition) is 1. The predicted octanol–water partition coefficient (Wildman–Crippen LogP) is 2.06. The van der Waals surface area contributed by atoms with Crippen LogP contribution in [0.15, 0.2) is 35.4 Å². The average molecular weight is 363 g/mol. The Morgan fingerprint density at radius 2 is 2.04 bits per heavy atom. The van der Waals surface area contributed by atoms with E-state index in [1.807, 2.05) is 19.1 Å². The van der Waals surface area contributed by atoms with Gasteiger partial charge in [-0.3, -0.25) is 4.98 Å². The minimum atomic E-state index is -3.54. The number of aromatic nitrogens is 1. The molecular formula is C18H25N3O3S. The van der Waals surface area contributed by atoms with Crippen molar-refractivity contribution in [3.8, 4) is 0 Å². The second kappa shape index (κ2) is 7.78. The molecule has 1 aromatic carbocycles. The van der Waals surface area contributed by atoms with Gasteiger partial charge in [-0.05, 0) is 56.5 Å². The number of ether oxygens (including phenoxy) is 1. The lowest BCUT2D eigenvalue weighted by atomic mass is 10.1. The molecule has 25 heavy (non-hydrogen) atoms. The maximum atomic E-state index is 13.1. The van der Waals surface area contributed by atoms with Crippen LogP contribution in [0.1, 0.15) is 24.8 Å². The first-order valence-electron chi connectivity index (χ1n) is 8.70. The van der Waals surface area contributed by atoms with E-state index in [1.54, 1.807) is 22.6 Å². The van der Waals surface area contributed by atoms with Crippen LogP contribution in [0.2, 0.25) is 0 Å². The smallest absolute Gasteiger partial charge is 0.243 e. The van der Waals surface area contributed by atoms with Gasteiger partial charge in [-0.15, -0.1) is 0 Å². The van der Waals surface area contributed by atoms with Crippen LogP contribution in [0.25, 0.3) is 10.9 Å². The Hall–Kier alpha value is -1.54. The van der Waals surface area contributed by atoms with E-state index in [-0.39, 0.29) is 6.10 Å². The van der Waals surface area contributed by atoms with Gasteiger partial charge in [0.25, 0.3) is 0 Å². The normalized spacial score (nSPS) is 17.2. The lowest BCUT2D eigenvalue weighted by Crippen LogP contribution is -2.41. The summed E-state index contributed by atoms with van der Waals surface area (Å²) >= 11 is 0. The zero-order valence-corrected chi connectivity index (χ0v) is 15.3. The molecule has 0 amide bonds. The van der Waals surface area contributed by atoms with Crippen molar-refractivity contribution in [3.63, 3.8) is 0 Å². The summed E-state index contributed by atoms with van der Waals surface area (Å²) in [6.45, 7) is 4.15. The summed E-state index contributed by atoms with van der Waals surface area (Å²) < 4.78 is 33.6. The molecule has 0 spiro atoms. The third-order valence-corrected chi connectivity index (χ3v) is 6.61. The molecule has 1 aliphatic heterocycles. The summed E-state index contributed by atoms with van der Waals surface area (Å²) in [7, 11) is -3.54. The van der Waals surface area contributed by atoms with Crippen molar-refractivity contribution < 1.29 is 13.2 Å². The van der Waals surface area contributed by atoms with Crippen LogP contribution >= 0.6 is 0 Å². The van der Waals surface area contributed by atoms with Crippen LogP contribution in [-0.2, 0) is 14.8 Å². The Morgan fingerprint density at radius 3 is 2.76 bits per heavy atom. The molecule has 2 N–H and O–H groups in total. The van der Waals surface area contributed by atoms with E-state index in [2.05, 4.69) is 4.98 Å². The summed E-state index contributed by atoms with van der Waals surface area (Å²) in [5, 5.41) is 0.684. The van der Waals surface area contributed by atoms with E-state index in [4.69, 9.17) is 10.5 Å². The number of fused-ring (bicyclic) bond motifs is 1. The van der Waals surface area contributed by atoms with Gasteiger partial charge < -0.3 is 10.5 Å². The predicted molar refractivity (Wildman–Crippen MR) is 97.9 cm³/mol. The Morgan fingerprint density at radius 1 is 1.28 bits per heavy atom. The quantitative estimate of drug-likeness (QED) is 0.794. The van der Waals surface area contributed by atoms with Gasteiger partial charge in [0.2, 0.25) is 10.0 Å². The fourth-order valence-corrected chi connectivity index (χ4v) is 4.88. The number of hydrogen-bond acceptors (Lipinski definition) is 5. The molecule has 1 fully saturated rings. The highest BCUT2D eigenvalue weighted by Crippen LogP contribution is 2.28. The van der Waals surface area contributed by atoms with Crippen LogP contribution in [0.3, 0.4) is 0 Å². The van der Waals surface area contributed by atoms with Crippen molar-refractivity contribution in [2.24, 2.45) is 5.73 Å². The second-order valence-corrected chi connectivity index (χ2v) is 8.30. The summed E-state index contributed by atoms with van der Waals surface area (Å²) in [4.78, 5) is 4.68. The fraction of sp³-hybridized carbons (Fsp3) is 0.500. The van der Waals surface area contributed by atoms with E-state index in [9.17, 15) is 8.42 Å². The van der Waals surface area contributed by atoms with E-state index in [1.165, 1.54) is 0 Å². The van der Waals surface area contributed by atoms with Gasteiger partial charge in [-0.1, -0.05) is 6.07 Å². The van der Waals surface area contributed by atoms with Gasteiger partial charge >= 0.3 is 0 Å². The number of nitrogens with zero attached hydrogens (tertiary/aromatic N) is 2. The minimum absolute atomic E-state index is 0.120. The Balaban J connectivity index is 1.79. The lowest BCUT2D eigenvalue weighted by molar-refractivity contribution is 0.0209. The summed E-state index contributed by atoms with van der Waals surface area (Å²) in [6, 6.07) is 7.12. The number of rotatable bonds is 6. The van der Waals surface area contributed by atoms with Crippen LogP contribution in [0, 0.1) is 6.92 Å². The van der Waals surface area contributed by atoms with E-state index < -0.39 is 10.0 Å². The molecule has 0 saturated carbocycles. The van der Waals surface area contributed by atoms with E-state index >= 15 is 0 Å². The maximum Gasteiger partial charge on any atom is 0.243 e. The second-order valence-electron chi connectivity index (χ2n) is 6.40. The van der Waals surface area contributed by atoms with Gasteiger partial charge in [0.15, 0.2) is 0 Å². The monoisotopic (exact) mass is 363 g/mol. The molecule has 1 saturated heterocycles. The topological polar surface area (TPSA) is 85.5 Å². The summed E-state index contributed by atoms with van der Waals surface area (Å²) in [5.74, 6) is 0. The molecule has 1 aromatic heterocycles. The summed E-state index contributed by atoms with van der Waals surface area (Å²) in [6.07, 6.45) is 4.07. The average Bonchev–Trinajstić information content (AvgIpc) is 2.63. The molecule has 136 valence electrons. The molecule has 2 heterocycles. The van der Waals surface area contributed by atoms with Gasteiger partial charge in [0.1, 0.15) is 0 Å². The van der Waals surface area contributed by atoms with Crippen molar-refractivity contribution in [2.45, 2.75) is 37.2 Å². The first-order chi connectivity index (χ1) is 12.0. The Bertz CT molecular complexity index is 831. The number of piperidine rings is 1. The number of aryl methyl sites for hydroxylation is 1. The highest BCUT2D eigenvalue weighted by Gasteiger charge is 2.31. The van der Waals surface area contributed by atoms with Gasteiger partial charge in [0.05, 0.1) is 16.5 Å². The van der Waals surface area contributed by atoms with Crippen molar-refractivity contribution in [1.29, 1.82) is 0 Å². The van der Waals surface area contributed by atoms with Crippen molar-refractivity contribution in [1.82, 2.24) is 9.29 Å². The molecule has 0 unspecified atom stereocenters. The molecule has 3 rings (SSSR count). The van der Waals surface area contributed by atoms with E-state index in [0.717, 1.165) is 17.5 Å². The molecule has 7 heteroatoms. The molecule has 2 aromatic rings. The van der Waals surface area contributed by atoms with E-state index in [0.29, 0.717) is 49.4 Å². The van der Waals surface area contributed by atoms with Gasteiger partial charge in [-0.25, -0.2) is 8.42 Å². The number of sulfonamides is 1. The molecule has 6 nitrogen and oxygen atoms in total. The van der Waals surface area contributed by atoms with Crippen LogP contribution in [0.4, 0.5) is 0 Å². The third kappa shape index (κ3) is 3.84. The van der Waals surface area contributed by atoms with Gasteiger partial charge in [0, 0.05) is 31.3 Å². The Labute approximate surface area is 149 Å². The molecule has 0 radical (unpaired) electrons. The number of pyridine rings is 1.